The second-order valence-electron chi connectivity index (χ2n) is 8.18. The van der Waals surface area contributed by atoms with E-state index in [0.29, 0.717) is 32.4 Å². The van der Waals surface area contributed by atoms with Crippen molar-refractivity contribution < 1.29 is 24.3 Å². The number of aliphatic carboxylic acids is 1. The van der Waals surface area contributed by atoms with Gasteiger partial charge in [0.05, 0.1) is 0 Å². The SMILES string of the molecule is CC.CC(=O)NC(CC1CC2(CCN(C(=O)C(C)C)CC2)NC1=O)C(=O)O.CCC. The van der Waals surface area contributed by atoms with Crippen LogP contribution in [0.1, 0.15) is 80.6 Å². The minimum absolute atomic E-state index is 0.0473. The fourth-order valence-electron chi connectivity index (χ4n) is 3.77. The van der Waals surface area contributed by atoms with Crippen LogP contribution in [0.3, 0.4) is 0 Å². The standard InChI is InChI=1S/C17H27N3O5.C3H8.C2H6/c1-10(2)15(23)20-6-4-17(5-7-20)9-12(14(22)19-17)8-13(16(24)25)18-11(3)21;1-3-2;1-2/h10,12-13H,4-9H2,1-3H3,(H,18,21)(H,19,22)(H,24,25);3H2,1-2H3;1-2H3. The van der Waals surface area contributed by atoms with Gasteiger partial charge < -0.3 is 20.6 Å². The molecule has 8 nitrogen and oxygen atoms in total. The van der Waals surface area contributed by atoms with Gasteiger partial charge in [0, 0.05) is 37.4 Å². The second-order valence-corrected chi connectivity index (χ2v) is 8.18. The Morgan fingerprint density at radius 1 is 1.20 bits per heavy atom. The zero-order valence-electron chi connectivity index (χ0n) is 19.7. The lowest BCUT2D eigenvalue weighted by Crippen LogP contribution is -2.52. The van der Waals surface area contributed by atoms with Gasteiger partial charge in [0.1, 0.15) is 6.04 Å². The molecular formula is C22H41N3O5. The molecule has 174 valence electrons. The largest absolute Gasteiger partial charge is 0.480 e. The summed E-state index contributed by atoms with van der Waals surface area (Å²) in [6.07, 6.45) is 3.22. The molecule has 0 aliphatic carbocycles. The van der Waals surface area contributed by atoms with Crippen LogP contribution in [0, 0.1) is 11.8 Å². The van der Waals surface area contributed by atoms with E-state index in [-0.39, 0.29) is 29.7 Å². The Morgan fingerprint density at radius 3 is 2.10 bits per heavy atom. The highest BCUT2D eigenvalue weighted by molar-refractivity contribution is 5.85. The summed E-state index contributed by atoms with van der Waals surface area (Å²) in [7, 11) is 0. The Balaban J connectivity index is 0.00000154. The smallest absolute Gasteiger partial charge is 0.326 e. The highest BCUT2D eigenvalue weighted by atomic mass is 16.4. The third kappa shape index (κ3) is 8.32. The summed E-state index contributed by atoms with van der Waals surface area (Å²) in [5.74, 6) is -2.11. The quantitative estimate of drug-likeness (QED) is 0.624. The molecule has 3 N–H and O–H groups in total. The van der Waals surface area contributed by atoms with Crippen molar-refractivity contribution >= 4 is 23.7 Å². The van der Waals surface area contributed by atoms with Crippen molar-refractivity contribution in [2.45, 2.75) is 92.2 Å². The van der Waals surface area contributed by atoms with Gasteiger partial charge in [-0.05, 0) is 25.7 Å². The first-order chi connectivity index (χ1) is 14.0. The molecule has 2 fully saturated rings. The van der Waals surface area contributed by atoms with Crippen LogP contribution < -0.4 is 10.6 Å². The lowest BCUT2D eigenvalue weighted by atomic mass is 9.82. The van der Waals surface area contributed by atoms with Gasteiger partial charge in [0.2, 0.25) is 17.7 Å². The van der Waals surface area contributed by atoms with Gasteiger partial charge in [-0.3, -0.25) is 14.4 Å². The van der Waals surface area contributed by atoms with Crippen LogP contribution in [0.4, 0.5) is 0 Å². The minimum Gasteiger partial charge on any atom is -0.480 e. The maximum absolute atomic E-state index is 12.3. The van der Waals surface area contributed by atoms with Crippen molar-refractivity contribution in [2.75, 3.05) is 13.1 Å². The fourth-order valence-corrected chi connectivity index (χ4v) is 3.77. The number of piperidine rings is 1. The zero-order valence-corrected chi connectivity index (χ0v) is 19.7. The van der Waals surface area contributed by atoms with Crippen LogP contribution in [0.25, 0.3) is 0 Å². The van der Waals surface area contributed by atoms with E-state index in [1.54, 1.807) is 0 Å². The molecule has 2 heterocycles. The number of carboxylic acid groups (broad SMARTS) is 1. The number of amides is 3. The van der Waals surface area contributed by atoms with Crippen molar-refractivity contribution in [3.8, 4) is 0 Å². The highest BCUT2D eigenvalue weighted by Gasteiger charge is 2.47. The lowest BCUT2D eigenvalue weighted by molar-refractivity contribution is -0.142. The molecule has 0 saturated carbocycles. The van der Waals surface area contributed by atoms with Crippen LogP contribution in [0.2, 0.25) is 0 Å². The average molecular weight is 428 g/mol. The number of carbonyl (C=O) groups excluding carboxylic acids is 3. The third-order valence-corrected chi connectivity index (χ3v) is 5.12. The predicted octanol–water partition coefficient (Wildman–Crippen LogP) is 2.56. The number of carboxylic acids is 1. The number of nitrogens with zero attached hydrogens (tertiary/aromatic N) is 1. The summed E-state index contributed by atoms with van der Waals surface area (Å²) in [5.41, 5.74) is -0.366. The molecule has 0 aromatic carbocycles. The normalized spacial score (nSPS) is 20.3. The molecule has 2 aliphatic rings. The van der Waals surface area contributed by atoms with E-state index in [1.807, 2.05) is 32.6 Å². The molecule has 2 aliphatic heterocycles. The first kappa shape index (κ1) is 27.9. The first-order valence-corrected chi connectivity index (χ1v) is 11.2. The van der Waals surface area contributed by atoms with Crippen LogP contribution in [-0.4, -0.2) is 58.4 Å². The fraction of sp³-hybridized carbons (Fsp3) is 0.818. The number of hydrogen-bond donors (Lipinski definition) is 3. The van der Waals surface area contributed by atoms with Crippen LogP contribution in [0.5, 0.6) is 0 Å². The first-order valence-electron chi connectivity index (χ1n) is 11.2. The molecule has 2 unspecified atom stereocenters. The number of hydrogen-bond acceptors (Lipinski definition) is 4. The molecule has 2 saturated heterocycles. The zero-order chi connectivity index (χ0) is 23.5. The van der Waals surface area contributed by atoms with E-state index in [2.05, 4.69) is 24.5 Å². The van der Waals surface area contributed by atoms with E-state index < -0.39 is 23.8 Å². The van der Waals surface area contributed by atoms with Gasteiger partial charge in [-0.25, -0.2) is 4.79 Å². The van der Waals surface area contributed by atoms with Gasteiger partial charge in [-0.1, -0.05) is 48.0 Å². The number of rotatable bonds is 5. The summed E-state index contributed by atoms with van der Waals surface area (Å²) >= 11 is 0. The van der Waals surface area contributed by atoms with Crippen molar-refractivity contribution in [2.24, 2.45) is 11.8 Å². The summed E-state index contributed by atoms with van der Waals surface area (Å²) in [4.78, 5) is 48.7. The third-order valence-electron chi connectivity index (χ3n) is 5.12. The van der Waals surface area contributed by atoms with Crippen LogP contribution in [0.15, 0.2) is 0 Å². The van der Waals surface area contributed by atoms with Crippen molar-refractivity contribution in [1.82, 2.24) is 15.5 Å². The van der Waals surface area contributed by atoms with E-state index in [9.17, 15) is 24.3 Å². The Morgan fingerprint density at radius 2 is 1.70 bits per heavy atom. The topological polar surface area (TPSA) is 116 Å². The van der Waals surface area contributed by atoms with E-state index in [1.165, 1.54) is 13.3 Å². The summed E-state index contributed by atoms with van der Waals surface area (Å²) in [5, 5.41) is 14.6. The van der Waals surface area contributed by atoms with E-state index in [4.69, 9.17) is 0 Å². The molecule has 2 rings (SSSR count). The Hall–Kier alpha value is -2.12. The van der Waals surface area contributed by atoms with Crippen LogP contribution in [-0.2, 0) is 19.2 Å². The summed E-state index contributed by atoms with van der Waals surface area (Å²) < 4.78 is 0. The second kappa shape index (κ2) is 13.2. The molecule has 3 amide bonds. The number of likely N-dealkylation sites (tertiary alicyclic amines) is 1. The molecule has 0 radical (unpaired) electrons. The molecule has 2 atom stereocenters. The van der Waals surface area contributed by atoms with E-state index in [0.717, 1.165) is 0 Å². The van der Waals surface area contributed by atoms with E-state index >= 15 is 0 Å². The average Bonchev–Trinajstić information content (AvgIpc) is 2.97. The highest BCUT2D eigenvalue weighted by Crippen LogP contribution is 2.36. The van der Waals surface area contributed by atoms with Gasteiger partial charge in [0.25, 0.3) is 0 Å². The molecule has 1 spiro atoms. The molecule has 30 heavy (non-hydrogen) atoms. The van der Waals surface area contributed by atoms with Crippen molar-refractivity contribution in [3.63, 3.8) is 0 Å². The molecule has 0 bridgehead atoms. The minimum atomic E-state index is -1.14. The van der Waals surface area contributed by atoms with Gasteiger partial charge in [0.15, 0.2) is 0 Å². The van der Waals surface area contributed by atoms with Gasteiger partial charge >= 0.3 is 5.97 Å². The summed E-state index contributed by atoms with van der Waals surface area (Å²) in [6.45, 7) is 14.4. The Bertz CT molecular complexity index is 583. The number of nitrogens with one attached hydrogen (secondary N) is 2. The molecule has 8 heteroatoms. The molecule has 0 aromatic rings. The number of carbonyl (C=O) groups is 4. The maximum Gasteiger partial charge on any atom is 0.326 e. The lowest BCUT2D eigenvalue weighted by Gasteiger charge is -2.40. The Labute approximate surface area is 181 Å². The van der Waals surface area contributed by atoms with Crippen molar-refractivity contribution in [1.29, 1.82) is 0 Å². The Kier molecular flexibility index (Phi) is 12.3. The van der Waals surface area contributed by atoms with Crippen molar-refractivity contribution in [3.05, 3.63) is 0 Å². The van der Waals surface area contributed by atoms with Crippen LogP contribution >= 0.6 is 0 Å². The maximum atomic E-state index is 12.3. The predicted molar refractivity (Wildman–Crippen MR) is 117 cm³/mol. The van der Waals surface area contributed by atoms with Gasteiger partial charge in [-0.15, -0.1) is 0 Å². The summed E-state index contributed by atoms with van der Waals surface area (Å²) in [6, 6.07) is -1.06. The monoisotopic (exact) mass is 427 g/mol. The molecule has 0 aromatic heterocycles. The molecular weight excluding hydrogens is 386 g/mol. The van der Waals surface area contributed by atoms with Gasteiger partial charge in [-0.2, -0.15) is 0 Å².